The van der Waals surface area contributed by atoms with Crippen molar-refractivity contribution in [1.29, 1.82) is 0 Å². The van der Waals surface area contributed by atoms with Crippen molar-refractivity contribution in [3.63, 3.8) is 0 Å². The lowest BCUT2D eigenvalue weighted by molar-refractivity contribution is -0.198. The van der Waals surface area contributed by atoms with Crippen LogP contribution in [0.4, 0.5) is 0 Å². The third kappa shape index (κ3) is 3.54. The second kappa shape index (κ2) is 7.69. The maximum absolute atomic E-state index is 11.0. The zero-order chi connectivity index (χ0) is 23.1. The summed E-state index contributed by atoms with van der Waals surface area (Å²) in [4.78, 5) is 0. The number of fused-ring (bicyclic) bond motifs is 6. The van der Waals surface area contributed by atoms with Gasteiger partial charge in [-0.2, -0.15) is 0 Å². The molecule has 0 bridgehead atoms. The van der Waals surface area contributed by atoms with Crippen molar-refractivity contribution < 1.29 is 15.3 Å². The fourth-order valence-corrected chi connectivity index (χ4v) is 10.3. The van der Waals surface area contributed by atoms with Gasteiger partial charge in [0, 0.05) is 0 Å². The number of rotatable bonds is 5. The quantitative estimate of drug-likeness (QED) is 0.489. The molecule has 0 aromatic carbocycles. The largest absolute Gasteiger partial charge is 0.390 e. The average molecular weight is 447 g/mol. The topological polar surface area (TPSA) is 60.7 Å². The third-order valence-electron chi connectivity index (χ3n) is 12.2. The van der Waals surface area contributed by atoms with E-state index in [1.54, 1.807) is 0 Å². The SMILES string of the molecule is C[C@H](CCCC(C)(C)O)[C@H]1CC[C@H]2[C@H]3[C@H](CC[C@]12C)[C@@]1(C)CC[C@H](O)[C@H](O)[C@@H]1CC31CC1. The van der Waals surface area contributed by atoms with E-state index < -0.39 is 17.8 Å². The lowest BCUT2D eigenvalue weighted by Gasteiger charge is -2.64. The number of hydrogen-bond acceptors (Lipinski definition) is 3. The molecule has 0 amide bonds. The Morgan fingerprint density at radius 2 is 1.53 bits per heavy atom. The standard InChI is InChI=1S/C29H50O3/c1-18(7-6-12-26(2,3)32)19-8-9-20-24-21(10-13-27(19,20)4)28(5)14-11-23(30)25(31)22(28)17-29(24)15-16-29/h18-25,30-32H,6-17H2,1-5H3/t18-,19-,20+,21+,22+,23+,24+,25-,27-,28-/m1/s1. The summed E-state index contributed by atoms with van der Waals surface area (Å²) in [6.07, 6.45) is 13.6. The first-order chi connectivity index (χ1) is 14.9. The molecular formula is C29H50O3. The van der Waals surface area contributed by atoms with Crippen LogP contribution < -0.4 is 0 Å². The first kappa shape index (κ1) is 23.6. The first-order valence-corrected chi connectivity index (χ1v) is 14.0. The Labute approximate surface area is 196 Å². The normalized spacial score (nSPS) is 50.4. The van der Waals surface area contributed by atoms with Crippen LogP contribution >= 0.6 is 0 Å². The zero-order valence-corrected chi connectivity index (χ0v) is 21.4. The molecule has 0 saturated heterocycles. The minimum atomic E-state index is -0.537. The summed E-state index contributed by atoms with van der Waals surface area (Å²) in [5, 5.41) is 31.6. The Kier molecular flexibility index (Phi) is 5.67. The highest BCUT2D eigenvalue weighted by Gasteiger charge is 2.70. The van der Waals surface area contributed by atoms with E-state index in [1.165, 1.54) is 51.4 Å². The third-order valence-corrected chi connectivity index (χ3v) is 12.2. The fourth-order valence-electron chi connectivity index (χ4n) is 10.3. The highest BCUT2D eigenvalue weighted by atomic mass is 16.3. The second-order valence-corrected chi connectivity index (χ2v) is 14.4. The van der Waals surface area contributed by atoms with Crippen molar-refractivity contribution in [2.45, 2.75) is 129 Å². The minimum Gasteiger partial charge on any atom is -0.390 e. The molecule has 32 heavy (non-hydrogen) atoms. The van der Waals surface area contributed by atoms with E-state index in [4.69, 9.17) is 0 Å². The van der Waals surface area contributed by atoms with Gasteiger partial charge in [0.05, 0.1) is 17.8 Å². The van der Waals surface area contributed by atoms with Crippen molar-refractivity contribution in [3.05, 3.63) is 0 Å². The van der Waals surface area contributed by atoms with Gasteiger partial charge in [0.2, 0.25) is 0 Å². The molecule has 5 saturated carbocycles. The molecule has 5 aliphatic carbocycles. The van der Waals surface area contributed by atoms with E-state index in [0.717, 1.165) is 55.3 Å². The van der Waals surface area contributed by atoms with E-state index in [9.17, 15) is 15.3 Å². The molecule has 0 aromatic heterocycles. The molecule has 0 aromatic rings. The van der Waals surface area contributed by atoms with Gasteiger partial charge in [-0.05, 0) is 130 Å². The van der Waals surface area contributed by atoms with Gasteiger partial charge in [0.15, 0.2) is 0 Å². The Hall–Kier alpha value is -0.120. The van der Waals surface area contributed by atoms with Crippen molar-refractivity contribution in [2.75, 3.05) is 0 Å². The van der Waals surface area contributed by atoms with Crippen LogP contribution in [0.15, 0.2) is 0 Å². The number of hydrogen-bond donors (Lipinski definition) is 3. The van der Waals surface area contributed by atoms with Gasteiger partial charge in [-0.3, -0.25) is 0 Å². The van der Waals surface area contributed by atoms with Gasteiger partial charge in [0.25, 0.3) is 0 Å². The first-order valence-electron chi connectivity index (χ1n) is 14.0. The Balaban J connectivity index is 1.37. The number of aliphatic hydroxyl groups is 3. The van der Waals surface area contributed by atoms with Crippen molar-refractivity contribution in [3.8, 4) is 0 Å². The van der Waals surface area contributed by atoms with E-state index in [0.29, 0.717) is 16.7 Å². The van der Waals surface area contributed by atoms with Gasteiger partial charge >= 0.3 is 0 Å². The summed E-state index contributed by atoms with van der Waals surface area (Å²) in [6, 6.07) is 0. The zero-order valence-electron chi connectivity index (χ0n) is 21.4. The molecule has 0 heterocycles. The molecule has 1 spiro atoms. The molecule has 184 valence electrons. The summed E-state index contributed by atoms with van der Waals surface area (Å²) in [5.41, 5.74) is 0.624. The average Bonchev–Trinajstić information content (AvgIpc) is 3.39. The van der Waals surface area contributed by atoms with Crippen LogP contribution in [0.3, 0.4) is 0 Å². The van der Waals surface area contributed by atoms with Crippen LogP contribution in [0, 0.1) is 51.8 Å². The highest BCUT2D eigenvalue weighted by molar-refractivity contribution is 5.19. The molecule has 3 nitrogen and oxygen atoms in total. The van der Waals surface area contributed by atoms with Gasteiger partial charge in [-0.25, -0.2) is 0 Å². The molecule has 5 aliphatic rings. The van der Waals surface area contributed by atoms with E-state index >= 15 is 0 Å². The summed E-state index contributed by atoms with van der Waals surface area (Å²) in [6.45, 7) is 11.5. The van der Waals surface area contributed by atoms with Gasteiger partial charge < -0.3 is 15.3 Å². The lowest BCUT2D eigenvalue weighted by atomic mass is 9.41. The van der Waals surface area contributed by atoms with E-state index in [1.807, 2.05) is 13.8 Å². The highest BCUT2D eigenvalue weighted by Crippen LogP contribution is 2.77. The molecule has 3 N–H and O–H groups in total. The van der Waals surface area contributed by atoms with Gasteiger partial charge in [-0.15, -0.1) is 0 Å². The van der Waals surface area contributed by atoms with Crippen LogP contribution in [0.1, 0.15) is 112 Å². The van der Waals surface area contributed by atoms with Crippen LogP contribution in [0.2, 0.25) is 0 Å². The molecule has 5 fully saturated rings. The Morgan fingerprint density at radius 3 is 2.19 bits per heavy atom. The molecule has 5 rings (SSSR count). The summed E-state index contributed by atoms with van der Waals surface area (Å²) < 4.78 is 0. The van der Waals surface area contributed by atoms with Crippen LogP contribution in [0.25, 0.3) is 0 Å². The monoisotopic (exact) mass is 446 g/mol. The van der Waals surface area contributed by atoms with Crippen LogP contribution in [-0.2, 0) is 0 Å². The predicted octanol–water partition coefficient (Wildman–Crippen LogP) is 5.94. The molecule has 3 heteroatoms. The molecule has 0 aliphatic heterocycles. The second-order valence-electron chi connectivity index (χ2n) is 14.4. The predicted molar refractivity (Wildman–Crippen MR) is 129 cm³/mol. The minimum absolute atomic E-state index is 0.217. The molecular weight excluding hydrogens is 396 g/mol. The fraction of sp³-hybridized carbons (Fsp3) is 1.00. The molecule has 0 unspecified atom stereocenters. The van der Waals surface area contributed by atoms with Gasteiger partial charge in [0.1, 0.15) is 0 Å². The lowest BCUT2D eigenvalue weighted by Crippen LogP contribution is -2.61. The number of aliphatic hydroxyl groups excluding tert-OH is 2. The smallest absolute Gasteiger partial charge is 0.0832 e. The van der Waals surface area contributed by atoms with E-state index in [-0.39, 0.29) is 5.41 Å². The summed E-state index contributed by atoms with van der Waals surface area (Å²) in [7, 11) is 0. The van der Waals surface area contributed by atoms with Crippen molar-refractivity contribution >= 4 is 0 Å². The van der Waals surface area contributed by atoms with Crippen molar-refractivity contribution in [1.82, 2.24) is 0 Å². The summed E-state index contributed by atoms with van der Waals surface area (Å²) in [5.74, 6) is 4.32. The maximum Gasteiger partial charge on any atom is 0.0832 e. The Morgan fingerprint density at radius 1 is 0.875 bits per heavy atom. The van der Waals surface area contributed by atoms with Crippen LogP contribution in [-0.4, -0.2) is 33.1 Å². The molecule has 0 radical (unpaired) electrons. The van der Waals surface area contributed by atoms with E-state index in [2.05, 4.69) is 20.8 Å². The van der Waals surface area contributed by atoms with Gasteiger partial charge in [-0.1, -0.05) is 33.6 Å². The van der Waals surface area contributed by atoms with Crippen molar-refractivity contribution in [2.24, 2.45) is 51.8 Å². The maximum atomic E-state index is 11.0. The Bertz CT molecular complexity index is 708. The van der Waals surface area contributed by atoms with Crippen LogP contribution in [0.5, 0.6) is 0 Å². The summed E-state index contributed by atoms with van der Waals surface area (Å²) >= 11 is 0. The molecule has 10 atom stereocenters.